The molecule has 3 rings (SSSR count). The van der Waals surface area contributed by atoms with Crippen LogP contribution >= 0.6 is 11.3 Å². The lowest BCUT2D eigenvalue weighted by Gasteiger charge is -2.04. The van der Waals surface area contributed by atoms with E-state index in [1.54, 1.807) is 17.4 Å². The quantitative estimate of drug-likeness (QED) is 0.522. The molecular weight excluding hydrogens is 204 g/mol. The van der Waals surface area contributed by atoms with E-state index in [0.717, 1.165) is 15.8 Å². The molecule has 1 heterocycles. The Kier molecular flexibility index (Phi) is 1.82. The second kappa shape index (κ2) is 3.17. The molecule has 2 aliphatic rings. The number of hydrogen-bond acceptors (Lipinski definition) is 2. The van der Waals surface area contributed by atoms with Crippen LogP contribution in [0.25, 0.3) is 20.5 Å². The van der Waals surface area contributed by atoms with E-state index < -0.39 is 0 Å². The highest BCUT2D eigenvalue weighted by atomic mass is 32.1. The molecule has 0 fully saturated rings. The van der Waals surface area contributed by atoms with Crippen molar-refractivity contribution in [2.75, 3.05) is 0 Å². The maximum absolute atomic E-state index is 11.6. The van der Waals surface area contributed by atoms with Crippen molar-refractivity contribution in [2.24, 2.45) is 0 Å². The molecule has 1 aliphatic heterocycles. The summed E-state index contributed by atoms with van der Waals surface area (Å²) in [5.41, 5.74) is 0.927. The van der Waals surface area contributed by atoms with Gasteiger partial charge in [-0.1, -0.05) is 24.3 Å². The third kappa shape index (κ3) is 1.34. The first kappa shape index (κ1) is 8.62. The average molecular weight is 212 g/mol. The predicted molar refractivity (Wildman–Crippen MR) is 64.7 cm³/mol. The number of benzene rings is 2. The van der Waals surface area contributed by atoms with Gasteiger partial charge in [0.25, 0.3) is 0 Å². The molecule has 0 atom stereocenters. The molecule has 72 valence electrons. The molecule has 0 saturated heterocycles. The van der Waals surface area contributed by atoms with Crippen LogP contribution in [0.1, 0.15) is 0 Å². The molecule has 15 heavy (non-hydrogen) atoms. The lowest BCUT2D eigenvalue weighted by atomic mass is 10.1. The summed E-state index contributed by atoms with van der Waals surface area (Å²) in [6.45, 7) is 0. The molecule has 0 N–H and O–H groups in total. The third-order valence-corrected chi connectivity index (χ3v) is 3.63. The Morgan fingerprint density at radius 1 is 0.933 bits per heavy atom. The fourth-order valence-corrected chi connectivity index (χ4v) is 2.77. The van der Waals surface area contributed by atoms with Crippen molar-refractivity contribution in [2.45, 2.75) is 0 Å². The van der Waals surface area contributed by atoms with Gasteiger partial charge in [-0.3, -0.25) is 4.79 Å². The van der Waals surface area contributed by atoms with Gasteiger partial charge >= 0.3 is 0 Å². The molecule has 0 aromatic heterocycles. The van der Waals surface area contributed by atoms with E-state index in [9.17, 15) is 4.79 Å². The van der Waals surface area contributed by atoms with Crippen LogP contribution in [0.15, 0.2) is 53.3 Å². The number of fused-ring (bicyclic) bond motifs is 2. The van der Waals surface area contributed by atoms with Gasteiger partial charge in [0, 0.05) is 15.1 Å². The summed E-state index contributed by atoms with van der Waals surface area (Å²) < 4.78 is 1.22. The standard InChI is InChI=1S/C13H8OS/c14-11-5-3-7-13-10(11)8-9-4-1-2-6-12(9)15-13/h1-8H. The lowest BCUT2D eigenvalue weighted by Crippen LogP contribution is -2.01. The summed E-state index contributed by atoms with van der Waals surface area (Å²) in [4.78, 5) is 12.7. The van der Waals surface area contributed by atoms with E-state index in [1.807, 2.05) is 36.4 Å². The minimum Gasteiger partial charge on any atom is -0.289 e. The number of rotatable bonds is 0. The Labute approximate surface area is 91.0 Å². The maximum atomic E-state index is 11.6. The zero-order valence-electron chi connectivity index (χ0n) is 7.94. The molecule has 0 radical (unpaired) electrons. The van der Waals surface area contributed by atoms with Gasteiger partial charge in [0.15, 0.2) is 5.43 Å². The van der Waals surface area contributed by atoms with E-state index in [-0.39, 0.29) is 5.43 Å². The topological polar surface area (TPSA) is 17.1 Å². The molecule has 0 saturated carbocycles. The van der Waals surface area contributed by atoms with E-state index in [2.05, 4.69) is 6.07 Å². The first-order valence-electron chi connectivity index (χ1n) is 4.76. The highest BCUT2D eigenvalue weighted by Crippen LogP contribution is 2.30. The van der Waals surface area contributed by atoms with Crippen LogP contribution in [0, 0.1) is 0 Å². The van der Waals surface area contributed by atoms with Crippen LogP contribution in [0.4, 0.5) is 0 Å². The van der Waals surface area contributed by atoms with Crippen molar-refractivity contribution in [3.8, 4) is 10.4 Å². The van der Waals surface area contributed by atoms with Crippen molar-refractivity contribution < 1.29 is 0 Å². The summed E-state index contributed by atoms with van der Waals surface area (Å²) in [6.07, 6.45) is 0. The Bertz CT molecular complexity index is 654. The molecule has 1 aromatic carbocycles. The Balaban J connectivity index is 2.54. The van der Waals surface area contributed by atoms with Gasteiger partial charge in [-0.25, -0.2) is 0 Å². The van der Waals surface area contributed by atoms with Crippen LogP contribution in [-0.2, 0) is 0 Å². The van der Waals surface area contributed by atoms with Crippen LogP contribution in [0.5, 0.6) is 0 Å². The SMILES string of the molecule is O=c1cccc2sc3ccccc3cc1-2. The van der Waals surface area contributed by atoms with Crippen molar-refractivity contribution in [3.05, 3.63) is 58.8 Å². The monoisotopic (exact) mass is 212 g/mol. The minimum absolute atomic E-state index is 0.106. The smallest absolute Gasteiger partial charge is 0.187 e. The molecule has 1 aromatic rings. The summed E-state index contributed by atoms with van der Waals surface area (Å²) >= 11 is 1.67. The van der Waals surface area contributed by atoms with Gasteiger partial charge in [0.2, 0.25) is 0 Å². The maximum Gasteiger partial charge on any atom is 0.187 e. The van der Waals surface area contributed by atoms with E-state index in [0.29, 0.717) is 0 Å². The van der Waals surface area contributed by atoms with Crippen LogP contribution in [0.3, 0.4) is 0 Å². The fraction of sp³-hybridized carbons (Fsp3) is 0. The molecule has 2 heteroatoms. The van der Waals surface area contributed by atoms with Crippen LogP contribution in [0.2, 0.25) is 0 Å². The molecule has 1 aliphatic carbocycles. The second-order valence-corrected chi connectivity index (χ2v) is 4.54. The molecule has 1 nitrogen and oxygen atoms in total. The van der Waals surface area contributed by atoms with Crippen molar-refractivity contribution >= 4 is 21.4 Å². The zero-order valence-corrected chi connectivity index (χ0v) is 8.75. The van der Waals surface area contributed by atoms with Crippen molar-refractivity contribution in [1.29, 1.82) is 0 Å². The molecule has 0 amide bonds. The van der Waals surface area contributed by atoms with E-state index in [1.165, 1.54) is 4.70 Å². The normalized spacial score (nSPS) is 10.9. The minimum atomic E-state index is 0.106. The second-order valence-electron chi connectivity index (χ2n) is 3.45. The molecule has 0 spiro atoms. The highest BCUT2D eigenvalue weighted by Gasteiger charge is 2.06. The Hall–Kier alpha value is -1.67. The van der Waals surface area contributed by atoms with Crippen LogP contribution in [-0.4, -0.2) is 0 Å². The van der Waals surface area contributed by atoms with Gasteiger partial charge in [0.1, 0.15) is 0 Å². The van der Waals surface area contributed by atoms with E-state index in [4.69, 9.17) is 0 Å². The highest BCUT2D eigenvalue weighted by molar-refractivity contribution is 7.21. The first-order valence-corrected chi connectivity index (χ1v) is 5.58. The predicted octanol–water partition coefficient (Wildman–Crippen LogP) is 3.37. The summed E-state index contributed by atoms with van der Waals surface area (Å²) in [5, 5.41) is 1.14. The fourth-order valence-electron chi connectivity index (χ4n) is 1.72. The van der Waals surface area contributed by atoms with Crippen molar-refractivity contribution in [3.63, 3.8) is 0 Å². The van der Waals surface area contributed by atoms with Gasteiger partial charge in [-0.2, -0.15) is 0 Å². The number of hydrogen-bond donors (Lipinski definition) is 0. The van der Waals surface area contributed by atoms with Gasteiger partial charge < -0.3 is 0 Å². The van der Waals surface area contributed by atoms with Crippen LogP contribution < -0.4 is 5.43 Å². The lowest BCUT2D eigenvalue weighted by molar-refractivity contribution is 1.59. The van der Waals surface area contributed by atoms with Gasteiger partial charge in [-0.05, 0) is 29.7 Å². The van der Waals surface area contributed by atoms with Gasteiger partial charge in [-0.15, -0.1) is 11.3 Å². The van der Waals surface area contributed by atoms with Gasteiger partial charge in [0.05, 0.1) is 0 Å². The summed E-state index contributed by atoms with van der Waals surface area (Å²) in [7, 11) is 0. The average Bonchev–Trinajstić information content (AvgIpc) is 2.27. The Morgan fingerprint density at radius 3 is 2.73 bits per heavy atom. The largest absolute Gasteiger partial charge is 0.289 e. The third-order valence-electron chi connectivity index (χ3n) is 2.46. The zero-order chi connectivity index (χ0) is 10.3. The van der Waals surface area contributed by atoms with E-state index >= 15 is 0 Å². The first-order chi connectivity index (χ1) is 7.34. The van der Waals surface area contributed by atoms with Crippen molar-refractivity contribution in [1.82, 2.24) is 0 Å². The summed E-state index contributed by atoms with van der Waals surface area (Å²) in [6, 6.07) is 15.5. The Morgan fingerprint density at radius 2 is 1.80 bits per heavy atom. The summed E-state index contributed by atoms with van der Waals surface area (Å²) in [5.74, 6) is 0. The molecule has 0 bridgehead atoms. The molecule has 0 unspecified atom stereocenters. The molecular formula is C13H8OS.